The van der Waals surface area contributed by atoms with Gasteiger partial charge < -0.3 is 20.3 Å². The number of hydrogen-bond donors (Lipinski definition) is 2. The predicted octanol–water partition coefficient (Wildman–Crippen LogP) is 3.28. The van der Waals surface area contributed by atoms with E-state index in [1.54, 1.807) is 48.5 Å². The highest BCUT2D eigenvalue weighted by molar-refractivity contribution is 7.91. The monoisotopic (exact) mass is 494 g/mol. The molecule has 0 aromatic heterocycles. The number of rotatable bonds is 7. The number of anilines is 3. The van der Waals surface area contributed by atoms with Crippen molar-refractivity contribution >= 4 is 38.5 Å². The highest BCUT2D eigenvalue weighted by Gasteiger charge is 2.35. The number of ketones is 2. The van der Waals surface area contributed by atoms with E-state index in [4.69, 9.17) is 10.5 Å². The fourth-order valence-electron chi connectivity index (χ4n) is 4.00. The SMILES string of the molecule is COc1cc(Nc2cccc(S(=O)(=O)CC[N+](C)(C)C)c2)c2c(c1N)C(=O)c1ccccc1C2=O. The minimum atomic E-state index is -3.53. The molecule has 0 aliphatic heterocycles. The van der Waals surface area contributed by atoms with Crippen LogP contribution in [0.2, 0.25) is 0 Å². The molecular formula is C26H28N3O5S+. The van der Waals surface area contributed by atoms with Gasteiger partial charge in [0.15, 0.2) is 21.4 Å². The van der Waals surface area contributed by atoms with Crippen LogP contribution in [0.25, 0.3) is 0 Å². The Bertz CT molecular complexity index is 1460. The Morgan fingerprint density at radius 2 is 1.54 bits per heavy atom. The van der Waals surface area contributed by atoms with Gasteiger partial charge >= 0.3 is 0 Å². The minimum Gasteiger partial charge on any atom is -0.494 e. The molecule has 0 fully saturated rings. The van der Waals surface area contributed by atoms with Crippen LogP contribution in [0, 0.1) is 0 Å². The fraction of sp³-hybridized carbons (Fsp3) is 0.231. The summed E-state index contributed by atoms with van der Waals surface area (Å²) >= 11 is 0. The third-order valence-electron chi connectivity index (χ3n) is 5.92. The van der Waals surface area contributed by atoms with E-state index in [-0.39, 0.29) is 55.9 Å². The summed E-state index contributed by atoms with van der Waals surface area (Å²) in [5, 5.41) is 3.12. The number of carbonyl (C=O) groups is 2. The predicted molar refractivity (Wildman–Crippen MR) is 135 cm³/mol. The molecule has 0 unspecified atom stereocenters. The van der Waals surface area contributed by atoms with Gasteiger partial charge in [0.25, 0.3) is 0 Å². The molecular weight excluding hydrogens is 466 g/mol. The molecule has 3 aromatic carbocycles. The summed E-state index contributed by atoms with van der Waals surface area (Å²) < 4.78 is 31.7. The highest BCUT2D eigenvalue weighted by atomic mass is 32.2. The van der Waals surface area contributed by atoms with Crippen molar-refractivity contribution in [2.75, 3.05) is 51.6 Å². The minimum absolute atomic E-state index is 0.00514. The van der Waals surface area contributed by atoms with Crippen LogP contribution in [0.4, 0.5) is 17.1 Å². The van der Waals surface area contributed by atoms with Crippen LogP contribution in [0.5, 0.6) is 5.75 Å². The van der Waals surface area contributed by atoms with Gasteiger partial charge in [-0.1, -0.05) is 30.3 Å². The number of hydrogen-bond acceptors (Lipinski definition) is 7. The third-order valence-corrected chi connectivity index (χ3v) is 7.62. The lowest BCUT2D eigenvalue weighted by molar-refractivity contribution is -0.867. The third kappa shape index (κ3) is 4.65. The van der Waals surface area contributed by atoms with E-state index < -0.39 is 9.84 Å². The zero-order valence-corrected chi connectivity index (χ0v) is 20.9. The molecule has 35 heavy (non-hydrogen) atoms. The molecule has 0 radical (unpaired) electrons. The van der Waals surface area contributed by atoms with E-state index in [1.165, 1.54) is 13.2 Å². The molecule has 0 atom stereocenters. The maximum atomic E-state index is 13.4. The van der Waals surface area contributed by atoms with Gasteiger partial charge in [-0.05, 0) is 18.2 Å². The molecule has 9 heteroatoms. The maximum absolute atomic E-state index is 13.4. The number of nitrogens with one attached hydrogen (secondary N) is 1. The number of nitrogens with zero attached hydrogens (tertiary/aromatic N) is 1. The molecule has 0 saturated carbocycles. The van der Waals surface area contributed by atoms with Crippen LogP contribution in [0.1, 0.15) is 31.8 Å². The first-order valence-electron chi connectivity index (χ1n) is 11.0. The lowest BCUT2D eigenvalue weighted by Crippen LogP contribution is -2.38. The topological polar surface area (TPSA) is 116 Å². The largest absolute Gasteiger partial charge is 0.494 e. The zero-order chi connectivity index (χ0) is 25.5. The Hall–Kier alpha value is -3.69. The van der Waals surface area contributed by atoms with Crippen molar-refractivity contribution in [2.45, 2.75) is 4.90 Å². The molecule has 0 heterocycles. The molecule has 1 aliphatic rings. The molecule has 3 aromatic rings. The quantitative estimate of drug-likeness (QED) is 0.299. The van der Waals surface area contributed by atoms with Crippen molar-refractivity contribution < 1.29 is 27.2 Å². The summed E-state index contributed by atoms with van der Waals surface area (Å²) in [4.78, 5) is 26.9. The number of sulfone groups is 1. The molecule has 0 bridgehead atoms. The van der Waals surface area contributed by atoms with Gasteiger partial charge in [0.05, 0.1) is 62.2 Å². The van der Waals surface area contributed by atoms with Crippen LogP contribution in [0.15, 0.2) is 59.5 Å². The van der Waals surface area contributed by atoms with E-state index in [1.807, 2.05) is 21.1 Å². The molecule has 0 spiro atoms. The number of benzene rings is 3. The van der Waals surface area contributed by atoms with Crippen LogP contribution in [-0.2, 0) is 9.84 Å². The fourth-order valence-corrected chi connectivity index (χ4v) is 5.61. The lowest BCUT2D eigenvalue weighted by Gasteiger charge is -2.24. The van der Waals surface area contributed by atoms with Gasteiger partial charge in [0, 0.05) is 22.9 Å². The summed E-state index contributed by atoms with van der Waals surface area (Å²) in [5.41, 5.74) is 7.83. The van der Waals surface area contributed by atoms with Gasteiger partial charge in [-0.15, -0.1) is 0 Å². The summed E-state index contributed by atoms with van der Waals surface area (Å²) in [7, 11) is 3.69. The Balaban J connectivity index is 1.78. The summed E-state index contributed by atoms with van der Waals surface area (Å²) in [6.45, 7) is 0.457. The molecule has 4 rings (SSSR count). The van der Waals surface area contributed by atoms with Crippen molar-refractivity contribution in [1.82, 2.24) is 0 Å². The van der Waals surface area contributed by atoms with E-state index in [0.29, 0.717) is 22.4 Å². The van der Waals surface area contributed by atoms with E-state index >= 15 is 0 Å². The first-order chi connectivity index (χ1) is 16.4. The van der Waals surface area contributed by atoms with Crippen molar-refractivity contribution in [3.8, 4) is 5.75 Å². The van der Waals surface area contributed by atoms with Gasteiger partial charge in [-0.3, -0.25) is 9.59 Å². The molecule has 8 nitrogen and oxygen atoms in total. The van der Waals surface area contributed by atoms with Gasteiger partial charge in [0.1, 0.15) is 11.5 Å². The standard InChI is InChI=1S/C26H27N3O5S/c1-29(2,3)12-13-35(32,33)17-9-7-8-16(14-17)28-20-15-21(34-4)24(27)23-22(20)25(30)18-10-5-6-11-19(18)26(23)31/h5-11,14-15H,12-13H2,1-4H3,(H2-,27,28,30,31)/p+1. The second-order valence-corrected chi connectivity index (χ2v) is 11.6. The van der Waals surface area contributed by atoms with Crippen molar-refractivity contribution in [2.24, 2.45) is 0 Å². The van der Waals surface area contributed by atoms with Crippen LogP contribution >= 0.6 is 0 Å². The summed E-state index contributed by atoms with van der Waals surface area (Å²) in [6.07, 6.45) is 0. The second-order valence-electron chi connectivity index (χ2n) is 9.48. The van der Waals surface area contributed by atoms with Crippen molar-refractivity contribution in [3.05, 3.63) is 76.9 Å². The second kappa shape index (κ2) is 8.83. The number of methoxy groups -OCH3 is 1. The van der Waals surface area contributed by atoms with Gasteiger partial charge in [-0.2, -0.15) is 0 Å². The molecule has 0 amide bonds. The van der Waals surface area contributed by atoms with E-state index in [0.717, 1.165) is 0 Å². The van der Waals surface area contributed by atoms with Crippen LogP contribution in [0.3, 0.4) is 0 Å². The van der Waals surface area contributed by atoms with Crippen molar-refractivity contribution in [1.29, 1.82) is 0 Å². The zero-order valence-electron chi connectivity index (χ0n) is 20.1. The first kappa shape index (κ1) is 24.4. The van der Waals surface area contributed by atoms with Crippen LogP contribution < -0.4 is 15.8 Å². The smallest absolute Gasteiger partial charge is 0.196 e. The normalized spacial score (nSPS) is 13.3. The van der Waals surface area contributed by atoms with Gasteiger partial charge in [0.2, 0.25) is 0 Å². The lowest BCUT2D eigenvalue weighted by atomic mass is 9.82. The summed E-state index contributed by atoms with van der Waals surface area (Å²) in [6, 6.07) is 14.5. The first-order valence-corrected chi connectivity index (χ1v) is 12.7. The average molecular weight is 495 g/mol. The molecule has 0 saturated heterocycles. The van der Waals surface area contributed by atoms with E-state index in [9.17, 15) is 18.0 Å². The number of fused-ring (bicyclic) bond motifs is 2. The Morgan fingerprint density at radius 3 is 2.14 bits per heavy atom. The molecule has 3 N–H and O–H groups in total. The Kier molecular flexibility index (Phi) is 6.16. The average Bonchev–Trinajstić information content (AvgIpc) is 2.82. The van der Waals surface area contributed by atoms with Gasteiger partial charge in [-0.25, -0.2) is 8.42 Å². The van der Waals surface area contributed by atoms with E-state index in [2.05, 4.69) is 5.32 Å². The van der Waals surface area contributed by atoms with Crippen molar-refractivity contribution in [3.63, 3.8) is 0 Å². The highest BCUT2D eigenvalue weighted by Crippen LogP contribution is 2.41. The number of quaternary nitrogens is 1. The Labute approximate surface area is 204 Å². The molecule has 182 valence electrons. The van der Waals surface area contributed by atoms with Crippen LogP contribution in [-0.4, -0.2) is 65.0 Å². The Morgan fingerprint density at radius 1 is 0.914 bits per heavy atom. The maximum Gasteiger partial charge on any atom is 0.196 e. The number of nitrogens with two attached hydrogens (primary N) is 1. The summed E-state index contributed by atoms with van der Waals surface area (Å²) in [5.74, 6) is -0.488. The number of nitrogen functional groups attached to an aromatic ring is 1. The number of carbonyl (C=O) groups excluding carboxylic acids is 2. The molecule has 1 aliphatic carbocycles. The number of ether oxygens (including phenoxy) is 1.